The van der Waals surface area contributed by atoms with Crippen molar-refractivity contribution in [1.29, 1.82) is 5.41 Å². The van der Waals surface area contributed by atoms with Crippen LogP contribution >= 0.6 is 0 Å². The van der Waals surface area contributed by atoms with Gasteiger partial charge >= 0.3 is 5.97 Å². The van der Waals surface area contributed by atoms with E-state index in [0.717, 1.165) is 29.7 Å². The Labute approximate surface area is 193 Å². The highest BCUT2D eigenvalue weighted by atomic mass is 16.6. The van der Waals surface area contributed by atoms with Crippen LogP contribution in [0.15, 0.2) is 60.7 Å². The van der Waals surface area contributed by atoms with Crippen LogP contribution in [-0.2, 0) is 11.2 Å². The number of methoxy groups -OCH3 is 1. The topological polar surface area (TPSA) is 97.4 Å². The van der Waals surface area contributed by atoms with Crippen molar-refractivity contribution in [2.45, 2.75) is 31.7 Å². The molecule has 0 fully saturated rings. The zero-order valence-corrected chi connectivity index (χ0v) is 18.7. The van der Waals surface area contributed by atoms with Crippen molar-refractivity contribution in [3.63, 3.8) is 0 Å². The number of amidine groups is 1. The highest BCUT2D eigenvalue weighted by molar-refractivity contribution is 5.95. The molecule has 0 amide bonds. The van der Waals surface area contributed by atoms with Crippen molar-refractivity contribution in [1.82, 2.24) is 0 Å². The van der Waals surface area contributed by atoms with E-state index in [2.05, 4.69) is 35.6 Å². The van der Waals surface area contributed by atoms with E-state index in [-0.39, 0.29) is 23.8 Å². The summed E-state index contributed by atoms with van der Waals surface area (Å²) in [7, 11) is 1.58. The average molecular weight is 442 g/mol. The molecule has 6 heteroatoms. The van der Waals surface area contributed by atoms with Gasteiger partial charge < -0.3 is 20.5 Å². The highest BCUT2D eigenvalue weighted by Gasteiger charge is 2.41. The quantitative estimate of drug-likeness (QED) is 0.235. The Morgan fingerprint density at radius 1 is 1.06 bits per heavy atom. The summed E-state index contributed by atoms with van der Waals surface area (Å²) in [6, 6.07) is 20.4. The summed E-state index contributed by atoms with van der Waals surface area (Å²) in [5.74, 6) is 1.15. The Balaban J connectivity index is 1.63. The molecular formula is C27H27N3O3. The van der Waals surface area contributed by atoms with E-state index < -0.39 is 0 Å². The Hall–Kier alpha value is -3.80. The number of benzene rings is 3. The van der Waals surface area contributed by atoms with Crippen molar-refractivity contribution >= 4 is 17.5 Å². The molecule has 6 nitrogen and oxygen atoms in total. The number of aryl methyl sites for hydroxylation is 1. The fourth-order valence-electron chi connectivity index (χ4n) is 5.38. The Morgan fingerprint density at radius 3 is 2.64 bits per heavy atom. The van der Waals surface area contributed by atoms with Gasteiger partial charge in [-0.3, -0.25) is 10.2 Å². The average Bonchev–Trinajstić information content (AvgIpc) is 2.82. The monoisotopic (exact) mass is 441 g/mol. The molecule has 0 radical (unpaired) electrons. The molecule has 0 saturated carbocycles. The predicted molar refractivity (Wildman–Crippen MR) is 128 cm³/mol. The van der Waals surface area contributed by atoms with E-state index >= 15 is 0 Å². The fraction of sp³-hybridized carbons (Fsp3) is 0.259. The number of fused-ring (bicyclic) bond motifs is 5. The minimum absolute atomic E-state index is 0.0549. The van der Waals surface area contributed by atoms with Crippen molar-refractivity contribution < 1.29 is 14.3 Å². The lowest BCUT2D eigenvalue weighted by atomic mass is 9.65. The number of anilines is 1. The number of esters is 1. The molecule has 0 bridgehead atoms. The van der Waals surface area contributed by atoms with Crippen LogP contribution < -0.4 is 20.5 Å². The van der Waals surface area contributed by atoms with Crippen LogP contribution in [0.4, 0.5) is 5.69 Å². The number of rotatable bonds is 4. The van der Waals surface area contributed by atoms with Crippen LogP contribution in [0, 0.1) is 11.3 Å². The molecule has 0 saturated heterocycles. The van der Waals surface area contributed by atoms with Gasteiger partial charge in [-0.05, 0) is 71.3 Å². The summed E-state index contributed by atoms with van der Waals surface area (Å²) < 4.78 is 10.8. The summed E-state index contributed by atoms with van der Waals surface area (Å²) in [5.41, 5.74) is 12.6. The number of hydrogen-bond donors (Lipinski definition) is 3. The van der Waals surface area contributed by atoms with Crippen molar-refractivity contribution in [2.24, 2.45) is 11.7 Å². The van der Waals surface area contributed by atoms with E-state index in [1.54, 1.807) is 13.2 Å². The molecule has 4 N–H and O–H groups in total. The van der Waals surface area contributed by atoms with Gasteiger partial charge in [0, 0.05) is 24.1 Å². The Morgan fingerprint density at radius 2 is 1.88 bits per heavy atom. The molecule has 1 aliphatic carbocycles. The number of carbonyl (C=O) groups is 1. The maximum atomic E-state index is 11.5. The smallest absolute Gasteiger partial charge is 0.308 e. The molecule has 168 valence electrons. The van der Waals surface area contributed by atoms with E-state index in [1.165, 1.54) is 23.6 Å². The predicted octanol–water partition coefficient (Wildman–Crippen LogP) is 4.77. The zero-order chi connectivity index (χ0) is 23.1. The molecule has 1 heterocycles. The maximum Gasteiger partial charge on any atom is 0.308 e. The normalized spacial score (nSPS) is 20.5. The first-order valence-corrected chi connectivity index (χ1v) is 11.2. The summed E-state index contributed by atoms with van der Waals surface area (Å²) >= 11 is 0. The lowest BCUT2D eigenvalue weighted by Gasteiger charge is -2.45. The lowest BCUT2D eigenvalue weighted by Crippen LogP contribution is -2.35. The molecule has 3 aromatic rings. The second-order valence-corrected chi connectivity index (χ2v) is 8.72. The Bertz CT molecular complexity index is 1250. The van der Waals surface area contributed by atoms with Gasteiger partial charge in [-0.15, -0.1) is 0 Å². The van der Waals surface area contributed by atoms with Crippen LogP contribution in [0.5, 0.6) is 11.5 Å². The summed E-state index contributed by atoms with van der Waals surface area (Å²) in [6.07, 6.45) is 2.04. The van der Waals surface area contributed by atoms with Crippen LogP contribution in [0.2, 0.25) is 0 Å². The zero-order valence-electron chi connectivity index (χ0n) is 18.7. The third kappa shape index (κ3) is 3.71. The molecule has 3 aromatic carbocycles. The number of ether oxygens (including phenoxy) is 2. The minimum Gasteiger partial charge on any atom is -0.493 e. The van der Waals surface area contributed by atoms with Gasteiger partial charge in [-0.25, -0.2) is 0 Å². The summed E-state index contributed by atoms with van der Waals surface area (Å²) in [6.45, 7) is 1.38. The second kappa shape index (κ2) is 8.28. The van der Waals surface area contributed by atoms with Gasteiger partial charge in [0.15, 0.2) is 11.5 Å². The third-order valence-corrected chi connectivity index (χ3v) is 6.80. The minimum atomic E-state index is -0.379. The number of nitrogen functional groups attached to an aromatic ring is 1. The van der Waals surface area contributed by atoms with Crippen molar-refractivity contribution in [3.05, 3.63) is 88.5 Å². The fourth-order valence-corrected chi connectivity index (χ4v) is 5.38. The lowest BCUT2D eigenvalue weighted by molar-refractivity contribution is -0.132. The van der Waals surface area contributed by atoms with Crippen LogP contribution in [0.1, 0.15) is 53.1 Å². The van der Waals surface area contributed by atoms with E-state index in [4.69, 9.17) is 20.6 Å². The van der Waals surface area contributed by atoms with E-state index in [9.17, 15) is 4.79 Å². The Kier molecular flexibility index (Phi) is 5.29. The maximum absolute atomic E-state index is 11.5. The second-order valence-electron chi connectivity index (χ2n) is 8.72. The van der Waals surface area contributed by atoms with E-state index in [0.29, 0.717) is 17.4 Å². The van der Waals surface area contributed by atoms with Gasteiger partial charge in [0.1, 0.15) is 5.84 Å². The molecule has 3 atom stereocenters. The highest BCUT2D eigenvalue weighted by Crippen LogP contribution is 2.53. The summed E-state index contributed by atoms with van der Waals surface area (Å²) in [5, 5.41) is 11.7. The van der Waals surface area contributed by atoms with Crippen LogP contribution in [-0.4, -0.2) is 18.9 Å². The van der Waals surface area contributed by atoms with Gasteiger partial charge in [0.05, 0.1) is 13.2 Å². The molecule has 0 aromatic heterocycles. The molecular weight excluding hydrogens is 414 g/mol. The van der Waals surface area contributed by atoms with Crippen LogP contribution in [0.25, 0.3) is 0 Å². The molecule has 0 spiro atoms. The van der Waals surface area contributed by atoms with Crippen LogP contribution in [0.3, 0.4) is 0 Å². The molecule has 1 aliphatic heterocycles. The van der Waals surface area contributed by atoms with Gasteiger partial charge in [0.25, 0.3) is 0 Å². The number of carbonyl (C=O) groups excluding carboxylic acids is 1. The molecule has 33 heavy (non-hydrogen) atoms. The first-order chi connectivity index (χ1) is 16.0. The third-order valence-electron chi connectivity index (χ3n) is 6.80. The number of nitrogens with one attached hydrogen (secondary N) is 2. The number of nitrogens with two attached hydrogens (primary N) is 1. The van der Waals surface area contributed by atoms with Crippen molar-refractivity contribution in [2.75, 3.05) is 12.4 Å². The van der Waals surface area contributed by atoms with Gasteiger partial charge in [0.2, 0.25) is 0 Å². The van der Waals surface area contributed by atoms with Gasteiger partial charge in [-0.1, -0.05) is 30.3 Å². The largest absolute Gasteiger partial charge is 0.493 e. The summed E-state index contributed by atoms with van der Waals surface area (Å²) in [4.78, 5) is 11.5. The first-order valence-electron chi connectivity index (χ1n) is 11.2. The van der Waals surface area contributed by atoms with E-state index in [1.807, 2.05) is 24.3 Å². The molecule has 5 rings (SSSR count). The van der Waals surface area contributed by atoms with Crippen molar-refractivity contribution in [3.8, 4) is 11.5 Å². The molecule has 1 unspecified atom stereocenters. The first kappa shape index (κ1) is 21.1. The number of hydrogen-bond acceptors (Lipinski definition) is 5. The SMILES string of the molecule is COc1cc(C2Nc3ccc(C(=N)N)cc3[C@H]3c4ccccc4CC[C@@H]23)ccc1OC(C)=O. The van der Waals surface area contributed by atoms with Gasteiger partial charge in [-0.2, -0.15) is 0 Å². The molecule has 2 aliphatic rings. The standard InChI is InChI=1S/C27H27N3O3/c1-15(31)33-23-12-9-17(14-24(23)32-2)26-20-10-7-16-5-3-4-6-19(16)25(20)21-13-18(27(28)29)8-11-22(21)30-26/h3-6,8-9,11-14,20,25-26,30H,7,10H2,1-2H3,(H3,28,29)/t20-,25+,26?/m1/s1.